The molecule has 1 amide bonds. The number of ether oxygens (including phenoxy) is 2. The number of rotatable bonds is 3. The monoisotopic (exact) mass is 377 g/mol. The Morgan fingerprint density at radius 2 is 1.86 bits per heavy atom. The van der Waals surface area contributed by atoms with Gasteiger partial charge < -0.3 is 14.4 Å². The van der Waals surface area contributed by atoms with Gasteiger partial charge in [0.25, 0.3) is 0 Å². The highest BCUT2D eigenvalue weighted by Gasteiger charge is 2.38. The molecular weight excluding hydrogens is 350 g/mol. The first-order valence-electron chi connectivity index (χ1n) is 10.0. The fraction of sp³-hybridized carbons (Fsp3) is 0.375. The Labute approximate surface area is 166 Å². The molecule has 0 aliphatic carbocycles. The van der Waals surface area contributed by atoms with Crippen molar-refractivity contribution in [1.29, 1.82) is 0 Å². The van der Waals surface area contributed by atoms with Gasteiger partial charge in [0, 0.05) is 31.5 Å². The summed E-state index contributed by atoms with van der Waals surface area (Å²) in [6.45, 7) is 5.85. The van der Waals surface area contributed by atoms with Gasteiger partial charge >= 0.3 is 6.09 Å². The quantitative estimate of drug-likeness (QED) is 0.720. The Morgan fingerprint density at radius 1 is 1.11 bits per heavy atom. The van der Waals surface area contributed by atoms with Crippen LogP contribution in [0.25, 0.3) is 17.2 Å². The van der Waals surface area contributed by atoms with Crippen LogP contribution in [-0.2, 0) is 4.74 Å². The molecule has 4 rings (SSSR count). The third kappa shape index (κ3) is 3.91. The first kappa shape index (κ1) is 18.6. The molecule has 1 spiro atoms. The predicted octanol–water partition coefficient (Wildman–Crippen LogP) is 5.39. The highest BCUT2D eigenvalue weighted by molar-refractivity contribution is 5.72. The highest BCUT2D eigenvalue weighted by atomic mass is 16.6. The van der Waals surface area contributed by atoms with Crippen molar-refractivity contribution in [3.05, 3.63) is 60.2 Å². The van der Waals surface area contributed by atoms with Crippen molar-refractivity contribution in [1.82, 2.24) is 4.90 Å². The Bertz CT molecular complexity index is 865. The Morgan fingerprint density at radius 3 is 2.57 bits per heavy atom. The average Bonchev–Trinajstić information content (AvgIpc) is 2.73. The lowest BCUT2D eigenvalue weighted by Crippen LogP contribution is -2.49. The van der Waals surface area contributed by atoms with Crippen LogP contribution in [0.5, 0.6) is 5.75 Å². The smallest absolute Gasteiger partial charge is 0.409 e. The number of carbonyl (C=O) groups excluding carboxylic acids is 1. The molecule has 2 aromatic rings. The maximum atomic E-state index is 12.2. The number of benzene rings is 2. The maximum Gasteiger partial charge on any atom is 0.409 e. The van der Waals surface area contributed by atoms with Crippen molar-refractivity contribution in [3.8, 4) is 16.9 Å². The fourth-order valence-electron chi connectivity index (χ4n) is 3.74. The summed E-state index contributed by atoms with van der Waals surface area (Å²) >= 11 is 0. The van der Waals surface area contributed by atoms with Crippen molar-refractivity contribution >= 4 is 12.2 Å². The molecule has 1 fully saturated rings. The standard InChI is InChI=1S/C24H27NO3/c1-18(2)17-27-23(26)25-14-12-24(13-15-25)11-10-21-16-20(8-9-22(21)28-24)19-6-4-3-5-7-19/h3-11,16,18H,12-15,17H2,1-2H3. The summed E-state index contributed by atoms with van der Waals surface area (Å²) < 4.78 is 11.8. The Hall–Kier alpha value is -2.75. The second-order valence-electron chi connectivity index (χ2n) is 8.08. The lowest BCUT2D eigenvalue weighted by Gasteiger charge is -2.41. The van der Waals surface area contributed by atoms with E-state index in [4.69, 9.17) is 9.47 Å². The van der Waals surface area contributed by atoms with Crippen LogP contribution in [0.1, 0.15) is 32.3 Å². The zero-order valence-corrected chi connectivity index (χ0v) is 16.6. The molecule has 4 nitrogen and oxygen atoms in total. The van der Waals surface area contributed by atoms with Crippen LogP contribution < -0.4 is 4.74 Å². The lowest BCUT2D eigenvalue weighted by atomic mass is 9.88. The Kier molecular flexibility index (Phi) is 5.12. The number of hydrogen-bond donors (Lipinski definition) is 0. The Balaban J connectivity index is 1.43. The third-order valence-electron chi connectivity index (χ3n) is 5.40. The molecule has 0 aromatic heterocycles. The number of hydrogen-bond acceptors (Lipinski definition) is 3. The molecule has 2 aliphatic heterocycles. The molecule has 0 saturated carbocycles. The number of fused-ring (bicyclic) bond motifs is 1. The van der Waals surface area contributed by atoms with E-state index in [0.717, 1.165) is 24.2 Å². The van der Waals surface area contributed by atoms with Gasteiger partial charge in [0.1, 0.15) is 11.4 Å². The van der Waals surface area contributed by atoms with Gasteiger partial charge in [-0.3, -0.25) is 0 Å². The molecule has 0 radical (unpaired) electrons. The van der Waals surface area contributed by atoms with Crippen molar-refractivity contribution < 1.29 is 14.3 Å². The molecular formula is C24H27NO3. The van der Waals surface area contributed by atoms with Crippen LogP contribution in [0.3, 0.4) is 0 Å². The van der Waals surface area contributed by atoms with Crippen LogP contribution in [0.15, 0.2) is 54.6 Å². The summed E-state index contributed by atoms with van der Waals surface area (Å²) in [6, 6.07) is 16.7. The molecule has 28 heavy (non-hydrogen) atoms. The summed E-state index contributed by atoms with van der Waals surface area (Å²) in [5, 5.41) is 0. The van der Waals surface area contributed by atoms with Gasteiger partial charge in [-0.15, -0.1) is 0 Å². The van der Waals surface area contributed by atoms with Gasteiger partial charge in [-0.2, -0.15) is 0 Å². The van der Waals surface area contributed by atoms with Crippen molar-refractivity contribution in [3.63, 3.8) is 0 Å². The van der Waals surface area contributed by atoms with Gasteiger partial charge in [-0.25, -0.2) is 4.79 Å². The van der Waals surface area contributed by atoms with E-state index in [1.54, 1.807) is 4.90 Å². The van der Waals surface area contributed by atoms with E-state index in [1.807, 2.05) is 19.9 Å². The van der Waals surface area contributed by atoms with E-state index in [-0.39, 0.29) is 11.7 Å². The zero-order chi connectivity index (χ0) is 19.6. The number of nitrogens with zero attached hydrogens (tertiary/aromatic N) is 1. The average molecular weight is 377 g/mol. The second-order valence-corrected chi connectivity index (χ2v) is 8.08. The largest absolute Gasteiger partial charge is 0.482 e. The van der Waals surface area contributed by atoms with Crippen LogP contribution in [0, 0.1) is 5.92 Å². The zero-order valence-electron chi connectivity index (χ0n) is 16.6. The SMILES string of the molecule is CC(C)COC(=O)N1CCC2(C=Cc3cc(-c4ccccc4)ccc3O2)CC1. The molecule has 1 saturated heterocycles. The number of amides is 1. The van der Waals surface area contributed by atoms with E-state index in [1.165, 1.54) is 11.1 Å². The number of likely N-dealkylation sites (tertiary alicyclic amines) is 1. The predicted molar refractivity (Wildman–Crippen MR) is 111 cm³/mol. The first-order valence-corrected chi connectivity index (χ1v) is 10.0. The summed E-state index contributed by atoms with van der Waals surface area (Å²) in [6.07, 6.45) is 5.68. The molecule has 2 aromatic carbocycles. The topological polar surface area (TPSA) is 38.8 Å². The van der Waals surface area contributed by atoms with Gasteiger partial charge in [0.05, 0.1) is 6.61 Å². The minimum Gasteiger partial charge on any atom is -0.482 e. The minimum absolute atomic E-state index is 0.212. The molecule has 0 atom stereocenters. The van der Waals surface area contributed by atoms with E-state index in [2.05, 4.69) is 54.6 Å². The van der Waals surface area contributed by atoms with E-state index < -0.39 is 0 Å². The molecule has 0 unspecified atom stereocenters. The van der Waals surface area contributed by atoms with Crippen molar-refractivity contribution in [2.75, 3.05) is 19.7 Å². The fourth-order valence-corrected chi connectivity index (χ4v) is 3.74. The molecule has 0 N–H and O–H groups in total. The van der Waals surface area contributed by atoms with Crippen molar-refractivity contribution in [2.45, 2.75) is 32.3 Å². The summed E-state index contributed by atoms with van der Waals surface area (Å²) in [5.41, 5.74) is 3.17. The van der Waals surface area contributed by atoms with Crippen LogP contribution in [-0.4, -0.2) is 36.3 Å². The van der Waals surface area contributed by atoms with Crippen LogP contribution in [0.4, 0.5) is 4.79 Å². The number of carbonyl (C=O) groups is 1. The third-order valence-corrected chi connectivity index (χ3v) is 5.40. The maximum absolute atomic E-state index is 12.2. The molecule has 0 bridgehead atoms. The first-order chi connectivity index (χ1) is 13.5. The van der Waals surface area contributed by atoms with E-state index >= 15 is 0 Å². The van der Waals surface area contributed by atoms with Gasteiger partial charge in [-0.1, -0.05) is 56.3 Å². The highest BCUT2D eigenvalue weighted by Crippen LogP contribution is 2.38. The van der Waals surface area contributed by atoms with Gasteiger partial charge in [0.2, 0.25) is 0 Å². The summed E-state index contributed by atoms with van der Waals surface area (Å²) in [7, 11) is 0. The van der Waals surface area contributed by atoms with Gasteiger partial charge in [0.15, 0.2) is 0 Å². The second kappa shape index (κ2) is 7.70. The van der Waals surface area contributed by atoms with Crippen LogP contribution >= 0.6 is 0 Å². The lowest BCUT2D eigenvalue weighted by molar-refractivity contribution is 0.0282. The van der Waals surface area contributed by atoms with Crippen LogP contribution in [0.2, 0.25) is 0 Å². The van der Waals surface area contributed by atoms with E-state index in [0.29, 0.717) is 25.6 Å². The molecule has 4 heteroatoms. The molecule has 2 heterocycles. The number of piperidine rings is 1. The molecule has 2 aliphatic rings. The molecule has 146 valence electrons. The summed E-state index contributed by atoms with van der Waals surface area (Å²) in [4.78, 5) is 14.0. The summed E-state index contributed by atoms with van der Waals surface area (Å²) in [5.74, 6) is 1.26. The minimum atomic E-state index is -0.323. The van der Waals surface area contributed by atoms with Crippen molar-refractivity contribution in [2.24, 2.45) is 5.92 Å². The normalized spacial score (nSPS) is 17.3. The van der Waals surface area contributed by atoms with Gasteiger partial charge in [-0.05, 0) is 35.3 Å². The van der Waals surface area contributed by atoms with E-state index in [9.17, 15) is 4.79 Å².